The quantitative estimate of drug-likeness (QED) is 0.467. The number of benzene rings is 1. The van der Waals surface area contributed by atoms with Crippen molar-refractivity contribution in [1.82, 2.24) is 0 Å². The van der Waals surface area contributed by atoms with E-state index in [1.807, 2.05) is 35.7 Å². The standard InChI is InChI=1S/C27H28ClNO2S/c1-26(2)12-18-23(20(30)14-26)25(22-6-5-11-32-22)24-19(13-27(3,4)15-21(24)31)29(18)17-9-7-16(28)8-10-17/h5-11,25H,12-15H2,1-4H3. The van der Waals surface area contributed by atoms with Crippen LogP contribution in [0, 0.1) is 10.8 Å². The molecule has 0 spiro atoms. The maximum absolute atomic E-state index is 13.7. The molecule has 5 heteroatoms. The lowest BCUT2D eigenvalue weighted by Crippen LogP contribution is -2.44. The van der Waals surface area contributed by atoms with E-state index in [0.29, 0.717) is 17.9 Å². The number of anilines is 1. The highest BCUT2D eigenvalue weighted by molar-refractivity contribution is 7.10. The van der Waals surface area contributed by atoms with Crippen molar-refractivity contribution in [3.63, 3.8) is 0 Å². The maximum Gasteiger partial charge on any atom is 0.162 e. The molecule has 0 bridgehead atoms. The van der Waals surface area contributed by atoms with Crippen LogP contribution in [0.2, 0.25) is 5.02 Å². The van der Waals surface area contributed by atoms with Gasteiger partial charge in [-0.15, -0.1) is 11.3 Å². The molecule has 166 valence electrons. The van der Waals surface area contributed by atoms with Gasteiger partial charge in [0, 0.05) is 51.0 Å². The van der Waals surface area contributed by atoms with E-state index in [9.17, 15) is 9.59 Å². The zero-order valence-corrected chi connectivity index (χ0v) is 20.6. The minimum absolute atomic E-state index is 0.132. The largest absolute Gasteiger partial charge is 0.317 e. The van der Waals surface area contributed by atoms with Gasteiger partial charge in [0.05, 0.1) is 5.92 Å². The SMILES string of the molecule is CC1(C)CC(=O)C2=C(C1)N(c1ccc(Cl)cc1)C1=C(C(=O)CC(C)(C)C1)C2c1cccs1. The van der Waals surface area contributed by atoms with E-state index < -0.39 is 0 Å². The number of halogens is 1. The number of ketones is 2. The van der Waals surface area contributed by atoms with Gasteiger partial charge >= 0.3 is 0 Å². The second kappa shape index (κ2) is 7.43. The predicted molar refractivity (Wildman–Crippen MR) is 131 cm³/mol. The van der Waals surface area contributed by atoms with Crippen molar-refractivity contribution in [2.24, 2.45) is 10.8 Å². The van der Waals surface area contributed by atoms with Gasteiger partial charge in [0.15, 0.2) is 11.6 Å². The number of thiophene rings is 1. The first kappa shape index (κ1) is 21.7. The number of carbonyl (C=O) groups excluding carboxylic acids is 2. The van der Waals surface area contributed by atoms with Crippen LogP contribution < -0.4 is 4.90 Å². The zero-order valence-electron chi connectivity index (χ0n) is 19.0. The minimum atomic E-state index is -0.254. The number of nitrogens with zero attached hydrogens (tertiary/aromatic N) is 1. The van der Waals surface area contributed by atoms with Gasteiger partial charge in [0.1, 0.15) is 0 Å². The summed E-state index contributed by atoms with van der Waals surface area (Å²) in [4.78, 5) is 30.6. The molecule has 2 aliphatic carbocycles. The average molecular weight is 466 g/mol. The summed E-state index contributed by atoms with van der Waals surface area (Å²) in [5.74, 6) is 0.0753. The topological polar surface area (TPSA) is 37.4 Å². The number of rotatable bonds is 2. The van der Waals surface area contributed by atoms with Crippen molar-refractivity contribution in [1.29, 1.82) is 0 Å². The Morgan fingerprint density at radius 3 is 1.84 bits per heavy atom. The third-order valence-corrected chi connectivity index (χ3v) is 8.01. The summed E-state index contributed by atoms with van der Waals surface area (Å²) >= 11 is 7.84. The molecule has 0 N–H and O–H groups in total. The number of hydrogen-bond donors (Lipinski definition) is 0. The summed E-state index contributed by atoms with van der Waals surface area (Å²) in [6.45, 7) is 8.65. The molecular formula is C27H28ClNO2S. The average Bonchev–Trinajstić information content (AvgIpc) is 3.20. The van der Waals surface area contributed by atoms with Crippen LogP contribution in [0.3, 0.4) is 0 Å². The molecule has 3 nitrogen and oxygen atoms in total. The zero-order chi connectivity index (χ0) is 22.8. The number of allylic oxidation sites excluding steroid dienone is 4. The van der Waals surface area contributed by atoms with Crippen LogP contribution in [0.5, 0.6) is 0 Å². The summed E-state index contributed by atoms with van der Waals surface area (Å²) in [6, 6.07) is 11.9. The van der Waals surface area contributed by atoms with Crippen LogP contribution in [0.4, 0.5) is 5.69 Å². The van der Waals surface area contributed by atoms with Crippen LogP contribution in [0.1, 0.15) is 64.2 Å². The van der Waals surface area contributed by atoms with E-state index in [2.05, 4.69) is 38.7 Å². The van der Waals surface area contributed by atoms with E-state index >= 15 is 0 Å². The lowest BCUT2D eigenvalue weighted by atomic mass is 9.64. The Kier molecular flexibility index (Phi) is 5.03. The molecule has 1 aliphatic heterocycles. The molecule has 3 aliphatic rings. The molecule has 0 atom stereocenters. The molecule has 0 radical (unpaired) electrons. The van der Waals surface area contributed by atoms with Gasteiger partial charge in [0.25, 0.3) is 0 Å². The van der Waals surface area contributed by atoms with Crippen molar-refractivity contribution in [2.75, 3.05) is 4.90 Å². The summed E-state index contributed by atoms with van der Waals surface area (Å²) in [5.41, 5.74) is 4.43. The van der Waals surface area contributed by atoms with Crippen molar-refractivity contribution in [3.8, 4) is 0 Å². The lowest BCUT2D eigenvalue weighted by Gasteiger charge is -2.48. The van der Waals surface area contributed by atoms with E-state index in [-0.39, 0.29) is 28.3 Å². The highest BCUT2D eigenvalue weighted by atomic mass is 35.5. The van der Waals surface area contributed by atoms with Gasteiger partial charge in [-0.2, -0.15) is 0 Å². The molecule has 0 amide bonds. The summed E-state index contributed by atoms with van der Waals surface area (Å²) in [5, 5.41) is 2.71. The second-order valence-electron chi connectivity index (χ2n) is 10.9. The number of Topliss-reactive ketones (excluding diaryl/α,β-unsaturated/α-hetero) is 2. The normalized spacial score (nSPS) is 22.8. The summed E-state index contributed by atoms with van der Waals surface area (Å²) < 4.78 is 0. The molecule has 32 heavy (non-hydrogen) atoms. The Balaban J connectivity index is 1.82. The molecule has 0 saturated carbocycles. The van der Waals surface area contributed by atoms with E-state index in [0.717, 1.165) is 45.9 Å². The number of carbonyl (C=O) groups is 2. The Morgan fingerprint density at radius 2 is 1.38 bits per heavy atom. The third-order valence-electron chi connectivity index (χ3n) is 6.82. The fraction of sp³-hybridized carbons (Fsp3) is 0.407. The van der Waals surface area contributed by atoms with Gasteiger partial charge in [0.2, 0.25) is 0 Å². The summed E-state index contributed by atoms with van der Waals surface area (Å²) in [6.07, 6.45) is 2.60. The molecule has 2 heterocycles. The minimum Gasteiger partial charge on any atom is -0.317 e. The highest BCUT2D eigenvalue weighted by Gasteiger charge is 2.49. The van der Waals surface area contributed by atoms with E-state index in [4.69, 9.17) is 11.6 Å². The van der Waals surface area contributed by atoms with Crippen LogP contribution in [-0.4, -0.2) is 11.6 Å². The van der Waals surface area contributed by atoms with Crippen LogP contribution in [0.15, 0.2) is 64.3 Å². The smallest absolute Gasteiger partial charge is 0.162 e. The van der Waals surface area contributed by atoms with Crippen molar-refractivity contribution < 1.29 is 9.59 Å². The molecule has 0 unspecified atom stereocenters. The second-order valence-corrected chi connectivity index (χ2v) is 12.3. The summed E-state index contributed by atoms with van der Waals surface area (Å²) in [7, 11) is 0. The molecule has 0 fully saturated rings. The predicted octanol–water partition coefficient (Wildman–Crippen LogP) is 7.29. The third kappa shape index (κ3) is 3.58. The Morgan fingerprint density at radius 1 is 0.844 bits per heavy atom. The van der Waals surface area contributed by atoms with Gasteiger partial charge in [-0.3, -0.25) is 9.59 Å². The van der Waals surface area contributed by atoms with Gasteiger partial charge in [-0.25, -0.2) is 0 Å². The first-order valence-corrected chi connectivity index (χ1v) is 12.4. The molecule has 1 aromatic carbocycles. The van der Waals surface area contributed by atoms with Gasteiger partial charge in [-0.1, -0.05) is 45.4 Å². The fourth-order valence-corrected chi connectivity index (χ4v) is 6.58. The van der Waals surface area contributed by atoms with Gasteiger partial charge < -0.3 is 4.90 Å². The monoisotopic (exact) mass is 465 g/mol. The van der Waals surface area contributed by atoms with Crippen LogP contribution >= 0.6 is 22.9 Å². The van der Waals surface area contributed by atoms with Crippen molar-refractivity contribution >= 4 is 40.2 Å². The highest BCUT2D eigenvalue weighted by Crippen LogP contribution is 2.55. The molecule has 5 rings (SSSR count). The van der Waals surface area contributed by atoms with Crippen LogP contribution in [-0.2, 0) is 9.59 Å². The van der Waals surface area contributed by atoms with Gasteiger partial charge in [-0.05, 0) is 59.4 Å². The molecule has 1 aromatic heterocycles. The molecule has 0 saturated heterocycles. The van der Waals surface area contributed by atoms with Crippen molar-refractivity contribution in [3.05, 3.63) is 74.2 Å². The Bertz CT molecular complexity index is 1110. The van der Waals surface area contributed by atoms with Crippen LogP contribution in [0.25, 0.3) is 0 Å². The van der Waals surface area contributed by atoms with Crippen molar-refractivity contribution in [2.45, 2.75) is 59.3 Å². The Labute approximate surface area is 198 Å². The lowest BCUT2D eigenvalue weighted by molar-refractivity contribution is -0.119. The fourth-order valence-electron chi connectivity index (χ4n) is 5.61. The Hall–Kier alpha value is -2.17. The molecular weight excluding hydrogens is 438 g/mol. The molecule has 2 aromatic rings. The first-order chi connectivity index (χ1) is 15.1. The maximum atomic E-state index is 13.7. The van der Waals surface area contributed by atoms with E-state index in [1.165, 1.54) is 0 Å². The first-order valence-electron chi connectivity index (χ1n) is 11.2. The van der Waals surface area contributed by atoms with E-state index in [1.54, 1.807) is 11.3 Å². The number of hydrogen-bond acceptors (Lipinski definition) is 4.